The molecule has 0 amide bonds. The third-order valence-corrected chi connectivity index (χ3v) is 2.22. The summed E-state index contributed by atoms with van der Waals surface area (Å²) in [5, 5.41) is 0. The van der Waals surface area contributed by atoms with Gasteiger partial charge in [-0.15, -0.1) is 0 Å². The fourth-order valence-corrected chi connectivity index (χ4v) is 1.57. The summed E-state index contributed by atoms with van der Waals surface area (Å²) in [7, 11) is 0. The molecule has 0 bridgehead atoms. The van der Waals surface area contributed by atoms with Gasteiger partial charge in [-0.1, -0.05) is 48.1 Å². The lowest BCUT2D eigenvalue weighted by atomic mass is 10.1. The summed E-state index contributed by atoms with van der Waals surface area (Å²) >= 11 is 0. The summed E-state index contributed by atoms with van der Waals surface area (Å²) in [6.07, 6.45) is 7.66. The zero-order valence-electron chi connectivity index (χ0n) is 8.83. The average molecular weight is 170 g/mol. The maximum Gasteiger partial charge on any atom is 1.00 e. The zero-order valence-corrected chi connectivity index (χ0v) is 7.83. The third-order valence-electron chi connectivity index (χ3n) is 2.22. The highest BCUT2D eigenvalue weighted by molar-refractivity contribution is 5.42. The molecule has 1 aliphatic carbocycles. The van der Waals surface area contributed by atoms with Crippen molar-refractivity contribution in [2.75, 3.05) is 0 Å². The van der Waals surface area contributed by atoms with Crippen LogP contribution in [0.2, 0.25) is 0 Å². The van der Waals surface area contributed by atoms with Gasteiger partial charge in [0, 0.05) is 6.42 Å². The van der Waals surface area contributed by atoms with Gasteiger partial charge in [-0.3, -0.25) is 0 Å². The summed E-state index contributed by atoms with van der Waals surface area (Å²) in [5.74, 6) is 0. The second kappa shape index (κ2) is 3.61. The SMILES string of the molecule is CC1=CC(Cc2ccccc2)=C[CH]1.[H+]. The topological polar surface area (TPSA) is 0 Å². The Morgan fingerprint density at radius 2 is 1.92 bits per heavy atom. The largest absolute Gasteiger partial charge is 1.00 e. The molecule has 1 aromatic carbocycles. The Morgan fingerprint density at radius 1 is 1.15 bits per heavy atom. The van der Waals surface area contributed by atoms with Gasteiger partial charge < -0.3 is 0 Å². The molecule has 0 aliphatic heterocycles. The molecule has 13 heavy (non-hydrogen) atoms. The number of rotatable bonds is 2. The number of benzene rings is 1. The molecule has 0 heterocycles. The van der Waals surface area contributed by atoms with E-state index in [1.165, 1.54) is 16.7 Å². The van der Waals surface area contributed by atoms with Crippen molar-refractivity contribution >= 4 is 0 Å². The van der Waals surface area contributed by atoms with Crippen molar-refractivity contribution < 1.29 is 1.43 Å². The van der Waals surface area contributed by atoms with E-state index < -0.39 is 0 Å². The Hall–Kier alpha value is -1.30. The number of allylic oxidation sites excluding steroid dienone is 4. The van der Waals surface area contributed by atoms with Gasteiger partial charge in [-0.05, 0) is 24.5 Å². The van der Waals surface area contributed by atoms with Crippen LogP contribution in [0.1, 0.15) is 13.9 Å². The normalized spacial score (nSPS) is 15.5. The molecule has 65 valence electrons. The molecule has 0 heteroatoms. The second-order valence-electron chi connectivity index (χ2n) is 3.46. The summed E-state index contributed by atoms with van der Waals surface area (Å²) in [6, 6.07) is 10.6. The van der Waals surface area contributed by atoms with E-state index in [0.717, 1.165) is 6.42 Å². The highest BCUT2D eigenvalue weighted by Crippen LogP contribution is 2.19. The van der Waals surface area contributed by atoms with Crippen molar-refractivity contribution in [1.82, 2.24) is 0 Å². The Bertz CT molecular complexity index is 347. The molecule has 0 aromatic heterocycles. The van der Waals surface area contributed by atoms with E-state index in [1.54, 1.807) is 0 Å². The van der Waals surface area contributed by atoms with E-state index in [0.29, 0.717) is 0 Å². The lowest BCUT2D eigenvalue weighted by Gasteiger charge is -1.99. The van der Waals surface area contributed by atoms with Crippen LogP contribution >= 0.6 is 0 Å². The van der Waals surface area contributed by atoms with E-state index in [2.05, 4.69) is 55.8 Å². The zero-order chi connectivity index (χ0) is 9.10. The van der Waals surface area contributed by atoms with E-state index in [-0.39, 0.29) is 1.43 Å². The van der Waals surface area contributed by atoms with Gasteiger partial charge in [0.25, 0.3) is 0 Å². The van der Waals surface area contributed by atoms with Crippen LogP contribution < -0.4 is 0 Å². The minimum Gasteiger partial charge on any atom is -0.0729 e. The first-order chi connectivity index (χ1) is 6.34. The molecule has 0 spiro atoms. The van der Waals surface area contributed by atoms with Gasteiger partial charge in [0.2, 0.25) is 0 Å². The molecule has 0 saturated heterocycles. The molecule has 0 fully saturated rings. The lowest BCUT2D eigenvalue weighted by Crippen LogP contribution is -1.84. The quantitative estimate of drug-likeness (QED) is 0.638. The smallest absolute Gasteiger partial charge is 0.0729 e. The Labute approximate surface area is 81.1 Å². The summed E-state index contributed by atoms with van der Waals surface area (Å²) in [4.78, 5) is 0. The average Bonchev–Trinajstić information content (AvgIpc) is 2.53. The van der Waals surface area contributed by atoms with Crippen LogP contribution in [0.4, 0.5) is 0 Å². The summed E-state index contributed by atoms with van der Waals surface area (Å²) < 4.78 is 0. The Kier molecular flexibility index (Phi) is 2.31. The van der Waals surface area contributed by atoms with E-state index in [9.17, 15) is 0 Å². The molecule has 1 radical (unpaired) electrons. The second-order valence-corrected chi connectivity index (χ2v) is 3.46. The van der Waals surface area contributed by atoms with Crippen molar-refractivity contribution in [3.63, 3.8) is 0 Å². The van der Waals surface area contributed by atoms with Gasteiger partial charge in [0.15, 0.2) is 0 Å². The summed E-state index contributed by atoms with van der Waals surface area (Å²) in [5.41, 5.74) is 4.14. The monoisotopic (exact) mass is 170 g/mol. The van der Waals surface area contributed by atoms with Crippen LogP contribution in [-0.2, 0) is 6.42 Å². The number of hydrogen-bond donors (Lipinski definition) is 0. The maximum atomic E-state index is 2.24. The van der Waals surface area contributed by atoms with Gasteiger partial charge >= 0.3 is 1.43 Å². The molecule has 0 atom stereocenters. The van der Waals surface area contributed by atoms with Crippen molar-refractivity contribution in [3.8, 4) is 0 Å². The minimum atomic E-state index is 0. The van der Waals surface area contributed by atoms with Crippen LogP contribution in [-0.4, -0.2) is 0 Å². The highest BCUT2D eigenvalue weighted by Gasteiger charge is 2.03. The number of hydrogen-bond acceptors (Lipinski definition) is 0. The van der Waals surface area contributed by atoms with Crippen LogP contribution in [0.3, 0.4) is 0 Å². The predicted molar refractivity (Wildman–Crippen MR) is 57.4 cm³/mol. The first kappa shape index (κ1) is 8.31. The first-order valence-electron chi connectivity index (χ1n) is 4.61. The van der Waals surface area contributed by atoms with Gasteiger partial charge in [0.05, 0.1) is 0 Å². The van der Waals surface area contributed by atoms with E-state index in [1.807, 2.05) is 0 Å². The Morgan fingerprint density at radius 3 is 2.54 bits per heavy atom. The van der Waals surface area contributed by atoms with Crippen molar-refractivity contribution in [1.29, 1.82) is 0 Å². The molecular weight excluding hydrogens is 156 g/mol. The molecule has 1 aromatic rings. The van der Waals surface area contributed by atoms with E-state index >= 15 is 0 Å². The fraction of sp³-hybridized carbons (Fsp3) is 0.154. The Balaban J connectivity index is 0.000000980. The maximum absolute atomic E-state index is 2.24. The molecule has 0 nitrogen and oxygen atoms in total. The van der Waals surface area contributed by atoms with Gasteiger partial charge in [0.1, 0.15) is 0 Å². The lowest BCUT2D eigenvalue weighted by molar-refractivity contribution is 1.20. The molecule has 0 saturated carbocycles. The van der Waals surface area contributed by atoms with E-state index in [4.69, 9.17) is 0 Å². The molecule has 0 N–H and O–H groups in total. The molecule has 2 rings (SSSR count). The standard InChI is InChI=1S/C13H13/c1-11-7-8-13(9-11)10-12-5-3-2-4-6-12/h2-9H,10H2,1H3/p+1. The van der Waals surface area contributed by atoms with Crippen molar-refractivity contribution in [2.45, 2.75) is 13.3 Å². The predicted octanol–water partition coefficient (Wildman–Crippen LogP) is 3.43. The molecule has 1 aliphatic rings. The van der Waals surface area contributed by atoms with Crippen LogP contribution in [0.15, 0.2) is 53.6 Å². The van der Waals surface area contributed by atoms with Crippen LogP contribution in [0.25, 0.3) is 0 Å². The molecular formula is C13H14+. The van der Waals surface area contributed by atoms with Crippen molar-refractivity contribution in [3.05, 3.63) is 65.6 Å². The van der Waals surface area contributed by atoms with Gasteiger partial charge in [-0.25, -0.2) is 0 Å². The van der Waals surface area contributed by atoms with Crippen LogP contribution in [0.5, 0.6) is 0 Å². The fourth-order valence-electron chi connectivity index (χ4n) is 1.57. The molecule has 0 unspecified atom stereocenters. The van der Waals surface area contributed by atoms with Crippen LogP contribution in [0, 0.1) is 6.42 Å². The minimum absolute atomic E-state index is 0. The first-order valence-corrected chi connectivity index (χ1v) is 4.61. The van der Waals surface area contributed by atoms with Gasteiger partial charge in [-0.2, -0.15) is 0 Å². The summed E-state index contributed by atoms with van der Waals surface area (Å²) in [6.45, 7) is 2.13. The third kappa shape index (κ3) is 2.09. The van der Waals surface area contributed by atoms with Crippen molar-refractivity contribution in [2.24, 2.45) is 0 Å². The highest BCUT2D eigenvalue weighted by atomic mass is 14.1.